The third-order valence-electron chi connectivity index (χ3n) is 7.68. The molecule has 3 aliphatic rings. The number of rotatable bonds is 4. The van der Waals surface area contributed by atoms with Crippen molar-refractivity contribution in [1.29, 1.82) is 0 Å². The zero-order chi connectivity index (χ0) is 23.3. The van der Waals surface area contributed by atoms with Gasteiger partial charge in [-0.05, 0) is 44.2 Å². The van der Waals surface area contributed by atoms with Crippen LogP contribution in [0.1, 0.15) is 80.1 Å². The summed E-state index contributed by atoms with van der Waals surface area (Å²) in [5.74, 6) is 1.74. The molecular weight excluding hydrogens is 416 g/mol. The summed E-state index contributed by atoms with van der Waals surface area (Å²) in [4.78, 5) is 22.6. The number of nitrogens with two attached hydrogens (primary N) is 1. The lowest BCUT2D eigenvalue weighted by molar-refractivity contribution is -0.0407. The van der Waals surface area contributed by atoms with E-state index >= 15 is 0 Å². The lowest BCUT2D eigenvalue weighted by atomic mass is 9.78. The Balaban J connectivity index is 1.48. The van der Waals surface area contributed by atoms with Gasteiger partial charge in [0.15, 0.2) is 5.82 Å². The van der Waals surface area contributed by atoms with Gasteiger partial charge in [-0.3, -0.25) is 4.79 Å². The van der Waals surface area contributed by atoms with Gasteiger partial charge in [-0.25, -0.2) is 4.98 Å². The van der Waals surface area contributed by atoms with E-state index < -0.39 is 0 Å². The van der Waals surface area contributed by atoms with Gasteiger partial charge in [-0.15, -0.1) is 0 Å². The molecule has 0 spiro atoms. The summed E-state index contributed by atoms with van der Waals surface area (Å²) in [5, 5.41) is 0. The molecule has 0 unspecified atom stereocenters. The molecule has 1 saturated carbocycles. The molecule has 0 radical (unpaired) electrons. The van der Waals surface area contributed by atoms with Crippen molar-refractivity contribution in [3.8, 4) is 0 Å². The van der Waals surface area contributed by atoms with Crippen molar-refractivity contribution < 1.29 is 13.9 Å². The second-order valence-electron chi connectivity index (χ2n) is 10.8. The average Bonchev–Trinajstić information content (AvgIpc) is 3.28. The van der Waals surface area contributed by atoms with Crippen LogP contribution >= 0.6 is 0 Å². The smallest absolute Gasteiger partial charge is 0.257 e. The Morgan fingerprint density at radius 2 is 2.03 bits per heavy atom. The summed E-state index contributed by atoms with van der Waals surface area (Å²) in [6, 6.07) is 1.81. The summed E-state index contributed by atoms with van der Waals surface area (Å²) >= 11 is 0. The predicted octanol–water partition coefficient (Wildman–Crippen LogP) is 4.36. The normalized spacial score (nSPS) is 22.9. The number of fused-ring (bicyclic) bond motifs is 1. The van der Waals surface area contributed by atoms with E-state index in [0.29, 0.717) is 37.1 Å². The second kappa shape index (κ2) is 8.35. The van der Waals surface area contributed by atoms with E-state index in [1.807, 2.05) is 4.90 Å². The molecule has 178 valence electrons. The highest BCUT2D eigenvalue weighted by Crippen LogP contribution is 2.44. The van der Waals surface area contributed by atoms with E-state index in [9.17, 15) is 4.79 Å². The summed E-state index contributed by atoms with van der Waals surface area (Å²) in [7, 11) is 0. The third-order valence-corrected chi connectivity index (χ3v) is 7.68. The number of furan rings is 1. The highest BCUT2D eigenvalue weighted by atomic mass is 16.5. The lowest BCUT2D eigenvalue weighted by Crippen LogP contribution is -2.57. The Morgan fingerprint density at radius 1 is 1.24 bits per heavy atom. The number of amides is 1. The van der Waals surface area contributed by atoms with Crippen LogP contribution in [0.5, 0.6) is 0 Å². The van der Waals surface area contributed by atoms with Gasteiger partial charge in [0.1, 0.15) is 6.26 Å². The lowest BCUT2D eigenvalue weighted by Gasteiger charge is -2.45. The number of nitrogen functional groups attached to an aromatic ring is 1. The molecule has 1 amide bonds. The first kappa shape index (κ1) is 22.3. The molecule has 5 rings (SSSR count). The minimum Gasteiger partial charge on any atom is -0.472 e. The van der Waals surface area contributed by atoms with Crippen molar-refractivity contribution in [1.82, 2.24) is 9.88 Å². The maximum Gasteiger partial charge on any atom is 0.257 e. The summed E-state index contributed by atoms with van der Waals surface area (Å²) < 4.78 is 11.3. The van der Waals surface area contributed by atoms with E-state index in [-0.39, 0.29) is 17.6 Å². The zero-order valence-corrected chi connectivity index (χ0v) is 20.3. The Labute approximate surface area is 196 Å². The van der Waals surface area contributed by atoms with E-state index in [0.717, 1.165) is 24.5 Å². The Hall–Kier alpha value is -2.54. The molecule has 2 N–H and O–H groups in total. The van der Waals surface area contributed by atoms with Crippen LogP contribution in [0.25, 0.3) is 0 Å². The van der Waals surface area contributed by atoms with Crippen LogP contribution < -0.4 is 10.6 Å². The zero-order valence-electron chi connectivity index (χ0n) is 20.3. The van der Waals surface area contributed by atoms with Crippen LogP contribution in [0.4, 0.5) is 11.5 Å². The molecule has 0 aromatic carbocycles. The highest BCUT2D eigenvalue weighted by molar-refractivity contribution is 5.94. The van der Waals surface area contributed by atoms with Gasteiger partial charge in [-0.2, -0.15) is 0 Å². The summed E-state index contributed by atoms with van der Waals surface area (Å²) in [6.45, 7) is 11.3. The van der Waals surface area contributed by atoms with E-state index in [4.69, 9.17) is 19.9 Å². The average molecular weight is 453 g/mol. The van der Waals surface area contributed by atoms with Crippen LogP contribution in [0.3, 0.4) is 0 Å². The number of pyridine rings is 1. The van der Waals surface area contributed by atoms with Crippen molar-refractivity contribution in [3.05, 3.63) is 41.0 Å². The van der Waals surface area contributed by atoms with Gasteiger partial charge in [0, 0.05) is 37.5 Å². The fourth-order valence-corrected chi connectivity index (χ4v) is 5.44. The molecular formula is C26H36N4O3. The first-order valence-corrected chi connectivity index (χ1v) is 12.3. The predicted molar refractivity (Wildman–Crippen MR) is 128 cm³/mol. The highest BCUT2D eigenvalue weighted by Gasteiger charge is 2.38. The quantitative estimate of drug-likeness (QED) is 0.742. The number of carbonyl (C=O) groups excluding carboxylic acids is 1. The Kier molecular flexibility index (Phi) is 5.63. The molecule has 0 bridgehead atoms. The van der Waals surface area contributed by atoms with Gasteiger partial charge in [0.25, 0.3) is 5.91 Å². The Morgan fingerprint density at radius 3 is 2.67 bits per heavy atom. The summed E-state index contributed by atoms with van der Waals surface area (Å²) in [6.07, 6.45) is 7.53. The van der Waals surface area contributed by atoms with Crippen molar-refractivity contribution in [2.24, 2.45) is 5.92 Å². The van der Waals surface area contributed by atoms with Gasteiger partial charge in [0.05, 0.1) is 41.5 Å². The molecule has 2 aromatic heterocycles. The van der Waals surface area contributed by atoms with Gasteiger partial charge < -0.3 is 24.7 Å². The van der Waals surface area contributed by atoms with Gasteiger partial charge in [-0.1, -0.05) is 20.3 Å². The number of ether oxygens (including phenoxy) is 1. The van der Waals surface area contributed by atoms with E-state index in [1.165, 1.54) is 42.3 Å². The Bertz CT molecular complexity index is 1030. The molecule has 33 heavy (non-hydrogen) atoms. The number of hydrogen-bond acceptors (Lipinski definition) is 6. The van der Waals surface area contributed by atoms with E-state index in [1.54, 1.807) is 12.3 Å². The fourth-order valence-electron chi connectivity index (χ4n) is 5.44. The molecule has 4 heterocycles. The molecule has 2 aliphatic heterocycles. The van der Waals surface area contributed by atoms with Gasteiger partial charge in [0.2, 0.25) is 0 Å². The molecule has 7 nitrogen and oxygen atoms in total. The molecule has 2 aromatic rings. The maximum absolute atomic E-state index is 13.1. The SMILES string of the molecule is CC(C)[C@@H]1CN(c2nc(C3CCC3)c3c(c2N)CC(C)(C)OC3)CCN1C(=O)c1ccoc1. The van der Waals surface area contributed by atoms with Crippen molar-refractivity contribution in [2.75, 3.05) is 30.3 Å². The molecule has 7 heteroatoms. The van der Waals surface area contributed by atoms with Crippen molar-refractivity contribution in [3.63, 3.8) is 0 Å². The topological polar surface area (TPSA) is 84.8 Å². The first-order valence-electron chi connectivity index (χ1n) is 12.3. The third kappa shape index (κ3) is 4.01. The number of hydrogen-bond donors (Lipinski definition) is 1. The maximum atomic E-state index is 13.1. The second-order valence-corrected chi connectivity index (χ2v) is 10.8. The van der Waals surface area contributed by atoms with Crippen LogP contribution in [-0.2, 0) is 17.8 Å². The largest absolute Gasteiger partial charge is 0.472 e. The number of anilines is 2. The van der Waals surface area contributed by atoms with Crippen molar-refractivity contribution >= 4 is 17.4 Å². The monoisotopic (exact) mass is 452 g/mol. The van der Waals surface area contributed by atoms with Crippen LogP contribution in [-0.4, -0.2) is 47.1 Å². The minimum atomic E-state index is -0.229. The fraction of sp³-hybridized carbons (Fsp3) is 0.615. The number of nitrogens with zero attached hydrogens (tertiary/aromatic N) is 3. The van der Waals surface area contributed by atoms with Crippen LogP contribution in [0, 0.1) is 5.92 Å². The number of carbonyl (C=O) groups is 1. The number of aromatic nitrogens is 1. The number of piperazine rings is 1. The standard InChI is InChI=1S/C26H36N4O3/c1-16(2)21-13-29(9-10-30(21)25(31)18-8-11-32-14-18)24-22(27)19-12-26(3,4)33-15-20(19)23(28-24)17-6-5-7-17/h8,11,14,16-17,21H,5-7,9-10,12-13,15,27H2,1-4H3/t21-/m0/s1. The molecule has 1 aliphatic carbocycles. The van der Waals surface area contributed by atoms with E-state index in [2.05, 4.69) is 32.6 Å². The summed E-state index contributed by atoms with van der Waals surface area (Å²) in [5.41, 5.74) is 11.6. The van der Waals surface area contributed by atoms with Crippen LogP contribution in [0.2, 0.25) is 0 Å². The first-order chi connectivity index (χ1) is 15.7. The molecule has 1 atom stereocenters. The minimum absolute atomic E-state index is 0.0301. The molecule has 2 fully saturated rings. The van der Waals surface area contributed by atoms with Crippen LogP contribution in [0.15, 0.2) is 23.0 Å². The van der Waals surface area contributed by atoms with Gasteiger partial charge >= 0.3 is 0 Å². The molecule has 1 saturated heterocycles. The van der Waals surface area contributed by atoms with Crippen molar-refractivity contribution in [2.45, 2.75) is 77.5 Å².